The van der Waals surface area contributed by atoms with Crippen LogP contribution < -0.4 is 10.9 Å². The van der Waals surface area contributed by atoms with Crippen molar-refractivity contribution in [2.75, 3.05) is 13.1 Å². The third kappa shape index (κ3) is 2.06. The Labute approximate surface area is 103 Å². The zero-order valence-electron chi connectivity index (χ0n) is 9.85. The topological polar surface area (TPSA) is 83.8 Å². The fourth-order valence-corrected chi connectivity index (χ4v) is 2.17. The zero-order valence-corrected chi connectivity index (χ0v) is 9.85. The van der Waals surface area contributed by atoms with Gasteiger partial charge in [-0.05, 0) is 31.5 Å². The second-order valence-corrected chi connectivity index (χ2v) is 4.41. The van der Waals surface area contributed by atoms with Gasteiger partial charge >= 0.3 is 0 Å². The molecule has 0 saturated carbocycles. The maximum Gasteiger partial charge on any atom is 0.263 e. The van der Waals surface area contributed by atoms with Gasteiger partial charge in [0.15, 0.2) is 5.82 Å². The SMILES string of the molecule is O=c1[nH]cccc1-c1nc(C2CCCNC2)no1. The molecule has 3 rings (SSSR count). The summed E-state index contributed by atoms with van der Waals surface area (Å²) in [6.07, 6.45) is 3.74. The zero-order chi connectivity index (χ0) is 12.4. The van der Waals surface area contributed by atoms with E-state index in [2.05, 4.69) is 20.4 Å². The van der Waals surface area contributed by atoms with Crippen LogP contribution in [0.2, 0.25) is 0 Å². The third-order valence-electron chi connectivity index (χ3n) is 3.15. The second kappa shape index (κ2) is 4.73. The van der Waals surface area contributed by atoms with Crippen LogP contribution in [0.5, 0.6) is 0 Å². The third-order valence-corrected chi connectivity index (χ3v) is 3.15. The van der Waals surface area contributed by atoms with Crippen LogP contribution in [0.3, 0.4) is 0 Å². The average Bonchev–Trinajstić information content (AvgIpc) is 2.90. The molecule has 2 aromatic heterocycles. The fourth-order valence-electron chi connectivity index (χ4n) is 2.17. The van der Waals surface area contributed by atoms with Gasteiger partial charge in [0.05, 0.1) is 0 Å². The van der Waals surface area contributed by atoms with E-state index < -0.39 is 0 Å². The highest BCUT2D eigenvalue weighted by Gasteiger charge is 2.21. The van der Waals surface area contributed by atoms with Crippen molar-refractivity contribution in [2.24, 2.45) is 0 Å². The first-order valence-corrected chi connectivity index (χ1v) is 6.07. The minimum atomic E-state index is -0.213. The molecule has 0 amide bonds. The van der Waals surface area contributed by atoms with E-state index in [0.29, 0.717) is 11.4 Å². The van der Waals surface area contributed by atoms with Gasteiger partial charge in [0.1, 0.15) is 5.56 Å². The molecule has 1 fully saturated rings. The number of pyridine rings is 1. The van der Waals surface area contributed by atoms with Gasteiger partial charge in [-0.3, -0.25) is 4.79 Å². The molecule has 94 valence electrons. The van der Waals surface area contributed by atoms with Gasteiger partial charge in [0.2, 0.25) is 0 Å². The summed E-state index contributed by atoms with van der Waals surface area (Å²) in [5.41, 5.74) is 0.203. The van der Waals surface area contributed by atoms with Gasteiger partial charge in [0, 0.05) is 18.7 Å². The lowest BCUT2D eigenvalue weighted by Crippen LogP contribution is -2.28. The summed E-state index contributed by atoms with van der Waals surface area (Å²) in [6.45, 7) is 1.91. The van der Waals surface area contributed by atoms with Gasteiger partial charge in [-0.1, -0.05) is 5.16 Å². The molecule has 2 N–H and O–H groups in total. The predicted octanol–water partition coefficient (Wildman–Crippen LogP) is 0.892. The first-order valence-electron chi connectivity index (χ1n) is 6.07. The largest absolute Gasteiger partial charge is 0.334 e. The van der Waals surface area contributed by atoms with Gasteiger partial charge in [-0.25, -0.2) is 0 Å². The van der Waals surface area contributed by atoms with Crippen LogP contribution in [0.15, 0.2) is 27.6 Å². The van der Waals surface area contributed by atoms with E-state index in [1.54, 1.807) is 18.3 Å². The number of hydrogen-bond donors (Lipinski definition) is 2. The normalized spacial score (nSPS) is 19.9. The molecule has 18 heavy (non-hydrogen) atoms. The van der Waals surface area contributed by atoms with Crippen LogP contribution in [0.25, 0.3) is 11.5 Å². The van der Waals surface area contributed by atoms with Crippen molar-refractivity contribution in [3.05, 3.63) is 34.5 Å². The summed E-state index contributed by atoms with van der Waals surface area (Å²) in [6, 6.07) is 3.41. The highest BCUT2D eigenvalue weighted by molar-refractivity contribution is 5.50. The number of H-pyrrole nitrogens is 1. The first-order chi connectivity index (χ1) is 8.84. The van der Waals surface area contributed by atoms with Crippen molar-refractivity contribution in [1.29, 1.82) is 0 Å². The summed E-state index contributed by atoms with van der Waals surface area (Å²) >= 11 is 0. The van der Waals surface area contributed by atoms with Crippen molar-refractivity contribution in [2.45, 2.75) is 18.8 Å². The molecular formula is C12H14N4O2. The van der Waals surface area contributed by atoms with Crippen LogP contribution in [-0.4, -0.2) is 28.2 Å². The highest BCUT2D eigenvalue weighted by atomic mass is 16.5. The number of nitrogens with zero attached hydrogens (tertiary/aromatic N) is 2. The molecule has 0 radical (unpaired) electrons. The van der Waals surface area contributed by atoms with Crippen molar-refractivity contribution in [3.63, 3.8) is 0 Å². The summed E-state index contributed by atoms with van der Waals surface area (Å²) in [5.74, 6) is 1.25. The Balaban J connectivity index is 1.89. The monoisotopic (exact) mass is 246 g/mol. The van der Waals surface area contributed by atoms with E-state index in [0.717, 1.165) is 25.9 Å². The van der Waals surface area contributed by atoms with Crippen LogP contribution >= 0.6 is 0 Å². The lowest BCUT2D eigenvalue weighted by molar-refractivity contribution is 0.393. The van der Waals surface area contributed by atoms with E-state index >= 15 is 0 Å². The molecule has 3 heterocycles. The molecule has 6 heteroatoms. The Morgan fingerprint density at radius 2 is 2.39 bits per heavy atom. The minimum absolute atomic E-state index is 0.213. The molecule has 1 aliphatic heterocycles. The smallest absolute Gasteiger partial charge is 0.263 e. The molecule has 0 bridgehead atoms. The first kappa shape index (κ1) is 11.2. The van der Waals surface area contributed by atoms with Crippen LogP contribution in [0.1, 0.15) is 24.6 Å². The highest BCUT2D eigenvalue weighted by Crippen LogP contribution is 2.22. The summed E-state index contributed by atoms with van der Waals surface area (Å²) in [5, 5.41) is 7.28. The Bertz CT molecular complexity index is 584. The van der Waals surface area contributed by atoms with Gasteiger partial charge in [-0.2, -0.15) is 4.98 Å². The number of nitrogens with one attached hydrogen (secondary N) is 2. The van der Waals surface area contributed by atoms with E-state index in [9.17, 15) is 4.79 Å². The van der Waals surface area contributed by atoms with Crippen molar-refractivity contribution >= 4 is 0 Å². The van der Waals surface area contributed by atoms with Crippen LogP contribution in [0.4, 0.5) is 0 Å². The van der Waals surface area contributed by atoms with E-state index in [4.69, 9.17) is 4.52 Å². The average molecular weight is 246 g/mol. The second-order valence-electron chi connectivity index (χ2n) is 4.41. The molecule has 6 nitrogen and oxygen atoms in total. The van der Waals surface area contributed by atoms with E-state index in [1.807, 2.05) is 0 Å². The quantitative estimate of drug-likeness (QED) is 0.822. The molecule has 1 aliphatic rings. The molecule has 0 spiro atoms. The van der Waals surface area contributed by atoms with Crippen LogP contribution in [0, 0.1) is 0 Å². The number of aromatic nitrogens is 3. The Hall–Kier alpha value is -1.95. The predicted molar refractivity (Wildman–Crippen MR) is 65.2 cm³/mol. The lowest BCUT2D eigenvalue weighted by Gasteiger charge is -2.19. The molecule has 0 aliphatic carbocycles. The number of hydrogen-bond acceptors (Lipinski definition) is 5. The molecule has 1 saturated heterocycles. The van der Waals surface area contributed by atoms with E-state index in [1.165, 1.54) is 0 Å². The van der Waals surface area contributed by atoms with Crippen molar-refractivity contribution < 1.29 is 4.52 Å². The van der Waals surface area contributed by atoms with Crippen molar-refractivity contribution in [3.8, 4) is 11.5 Å². The number of rotatable bonds is 2. The summed E-state index contributed by atoms with van der Waals surface area (Å²) in [4.78, 5) is 18.5. The maximum atomic E-state index is 11.6. The van der Waals surface area contributed by atoms with E-state index in [-0.39, 0.29) is 17.4 Å². The molecule has 1 unspecified atom stereocenters. The Morgan fingerprint density at radius 3 is 3.17 bits per heavy atom. The number of piperidine rings is 1. The number of aromatic amines is 1. The molecule has 0 aromatic carbocycles. The maximum absolute atomic E-state index is 11.6. The standard InChI is InChI=1S/C12H14N4O2/c17-11-9(4-2-6-14-11)12-15-10(16-18-12)8-3-1-5-13-7-8/h2,4,6,8,13H,1,3,5,7H2,(H,14,17). The Kier molecular flexibility index (Phi) is 2.93. The van der Waals surface area contributed by atoms with Gasteiger partial charge in [0.25, 0.3) is 11.4 Å². The fraction of sp³-hybridized carbons (Fsp3) is 0.417. The minimum Gasteiger partial charge on any atom is -0.334 e. The summed E-state index contributed by atoms with van der Waals surface area (Å²) < 4.78 is 5.18. The van der Waals surface area contributed by atoms with Gasteiger partial charge < -0.3 is 14.8 Å². The molecule has 1 atom stereocenters. The molecular weight excluding hydrogens is 232 g/mol. The van der Waals surface area contributed by atoms with Crippen LogP contribution in [-0.2, 0) is 0 Å². The lowest BCUT2D eigenvalue weighted by atomic mass is 9.99. The van der Waals surface area contributed by atoms with Gasteiger partial charge in [-0.15, -0.1) is 0 Å². The molecule has 2 aromatic rings. The summed E-state index contributed by atoms with van der Waals surface area (Å²) in [7, 11) is 0. The van der Waals surface area contributed by atoms with Crippen molar-refractivity contribution in [1.82, 2.24) is 20.4 Å². The Morgan fingerprint density at radius 1 is 1.44 bits per heavy atom.